The van der Waals surface area contributed by atoms with Gasteiger partial charge in [-0.2, -0.15) is 0 Å². The number of hydrogen-bond acceptors (Lipinski definition) is 1. The highest BCUT2D eigenvalue weighted by Gasteiger charge is 2.27. The molecule has 1 atom stereocenters. The molecule has 0 aromatic heterocycles. The van der Waals surface area contributed by atoms with Crippen LogP contribution in [0, 0.1) is 0 Å². The molecule has 1 unspecified atom stereocenters. The Hall–Kier alpha value is -0.670. The second kappa shape index (κ2) is 5.06. The lowest BCUT2D eigenvalue weighted by Crippen LogP contribution is -2.23. The van der Waals surface area contributed by atoms with Crippen molar-refractivity contribution in [3.63, 3.8) is 0 Å². The fourth-order valence-electron chi connectivity index (χ4n) is 0.979. The summed E-state index contributed by atoms with van der Waals surface area (Å²) in [5.74, 6) is -1.04. The van der Waals surface area contributed by atoms with Crippen LogP contribution in [-0.2, 0) is 4.79 Å². The molecule has 0 aliphatic carbocycles. The van der Waals surface area contributed by atoms with Crippen LogP contribution in [0.25, 0.3) is 0 Å². The quantitative estimate of drug-likeness (QED) is 0.681. The number of carbonyl (C=O) groups is 1. The predicted octanol–water partition coefficient (Wildman–Crippen LogP) is 2.33. The van der Waals surface area contributed by atoms with Gasteiger partial charge in [-0.15, -0.1) is 0 Å². The van der Waals surface area contributed by atoms with Crippen molar-refractivity contribution in [3.8, 4) is 0 Å². The predicted molar refractivity (Wildman–Crippen MR) is 41.6 cm³/mol. The summed E-state index contributed by atoms with van der Waals surface area (Å²) in [5.41, 5.74) is -1.63. The molecule has 0 heterocycles. The molecule has 0 aromatic carbocycles. The molecule has 72 valence electrons. The summed E-state index contributed by atoms with van der Waals surface area (Å²) in [6, 6.07) is 0. The van der Waals surface area contributed by atoms with Gasteiger partial charge in [0.2, 0.25) is 0 Å². The molecule has 0 amide bonds. The molecule has 1 N–H and O–H groups in total. The van der Waals surface area contributed by atoms with Gasteiger partial charge >= 0.3 is 5.97 Å². The van der Waals surface area contributed by atoms with E-state index in [0.717, 1.165) is 0 Å². The third kappa shape index (κ3) is 4.26. The molecule has 4 heteroatoms. The van der Waals surface area contributed by atoms with E-state index in [9.17, 15) is 13.6 Å². The van der Waals surface area contributed by atoms with Crippen LogP contribution in [0.4, 0.5) is 8.78 Å². The van der Waals surface area contributed by atoms with Crippen LogP contribution in [-0.4, -0.2) is 23.4 Å². The number of rotatable bonds is 6. The van der Waals surface area contributed by atoms with Gasteiger partial charge in [0, 0.05) is 12.8 Å². The van der Waals surface area contributed by atoms with Crippen LogP contribution in [0.15, 0.2) is 0 Å². The number of halogens is 2. The third-order valence-corrected chi connectivity index (χ3v) is 1.96. The molecule has 0 aromatic rings. The van der Waals surface area contributed by atoms with Crippen molar-refractivity contribution in [1.29, 1.82) is 0 Å². The van der Waals surface area contributed by atoms with E-state index in [1.807, 2.05) is 0 Å². The maximum atomic E-state index is 13.4. The topological polar surface area (TPSA) is 37.3 Å². The Morgan fingerprint density at radius 2 is 2.08 bits per heavy atom. The van der Waals surface area contributed by atoms with Crippen LogP contribution >= 0.6 is 0 Å². The number of carboxylic acids is 1. The van der Waals surface area contributed by atoms with Crippen molar-refractivity contribution in [2.24, 2.45) is 0 Å². The van der Waals surface area contributed by atoms with Gasteiger partial charge in [-0.1, -0.05) is 6.92 Å². The zero-order valence-electron chi connectivity index (χ0n) is 7.15. The largest absolute Gasteiger partial charge is 0.481 e. The van der Waals surface area contributed by atoms with Gasteiger partial charge in [0.25, 0.3) is 0 Å². The molecule has 0 saturated carbocycles. The fourth-order valence-corrected chi connectivity index (χ4v) is 0.979. The first-order chi connectivity index (χ1) is 5.54. The monoisotopic (exact) mass is 180 g/mol. The lowest BCUT2D eigenvalue weighted by atomic mass is 9.94. The van der Waals surface area contributed by atoms with Gasteiger partial charge < -0.3 is 5.11 Å². The molecule has 2 nitrogen and oxygen atoms in total. The van der Waals surface area contributed by atoms with E-state index < -0.39 is 18.3 Å². The summed E-state index contributed by atoms with van der Waals surface area (Å²) >= 11 is 0. The second-order valence-electron chi connectivity index (χ2n) is 2.84. The zero-order chi connectivity index (χ0) is 9.61. The van der Waals surface area contributed by atoms with E-state index in [1.165, 1.54) is 0 Å². The van der Waals surface area contributed by atoms with Crippen molar-refractivity contribution in [1.82, 2.24) is 0 Å². The van der Waals surface area contributed by atoms with Crippen LogP contribution in [0.5, 0.6) is 0 Å². The molecule has 0 spiro atoms. The molecular weight excluding hydrogens is 166 g/mol. The molecule has 12 heavy (non-hydrogen) atoms. The SMILES string of the molecule is CCC(F)(CCF)CCC(=O)O. The first-order valence-corrected chi connectivity index (χ1v) is 4.01. The van der Waals surface area contributed by atoms with Gasteiger partial charge in [0.1, 0.15) is 5.67 Å². The highest BCUT2D eigenvalue weighted by molar-refractivity contribution is 5.66. The Balaban J connectivity index is 3.86. The van der Waals surface area contributed by atoms with E-state index in [1.54, 1.807) is 6.92 Å². The Kier molecular flexibility index (Phi) is 4.78. The van der Waals surface area contributed by atoms with Crippen molar-refractivity contribution >= 4 is 5.97 Å². The van der Waals surface area contributed by atoms with Crippen LogP contribution in [0.1, 0.15) is 32.6 Å². The van der Waals surface area contributed by atoms with Crippen LogP contribution in [0.2, 0.25) is 0 Å². The highest BCUT2D eigenvalue weighted by Crippen LogP contribution is 2.26. The Morgan fingerprint density at radius 1 is 1.50 bits per heavy atom. The first-order valence-electron chi connectivity index (χ1n) is 4.01. The summed E-state index contributed by atoms with van der Waals surface area (Å²) in [7, 11) is 0. The van der Waals surface area contributed by atoms with E-state index in [0.29, 0.717) is 0 Å². The Bertz CT molecular complexity index is 150. The minimum atomic E-state index is -1.63. The Morgan fingerprint density at radius 3 is 2.42 bits per heavy atom. The molecule has 0 rings (SSSR count). The minimum absolute atomic E-state index is 0.0945. The summed E-state index contributed by atoms with van der Waals surface area (Å²) < 4.78 is 25.2. The maximum Gasteiger partial charge on any atom is 0.303 e. The van der Waals surface area contributed by atoms with Crippen molar-refractivity contribution < 1.29 is 18.7 Å². The lowest BCUT2D eigenvalue weighted by Gasteiger charge is -2.21. The van der Waals surface area contributed by atoms with Crippen molar-refractivity contribution in [2.45, 2.75) is 38.3 Å². The van der Waals surface area contributed by atoms with Gasteiger partial charge in [0.15, 0.2) is 0 Å². The molecule has 0 saturated heterocycles. The number of hydrogen-bond donors (Lipinski definition) is 1. The second-order valence-corrected chi connectivity index (χ2v) is 2.84. The molecule has 0 radical (unpaired) electrons. The van der Waals surface area contributed by atoms with E-state index in [-0.39, 0.29) is 25.7 Å². The summed E-state index contributed by atoms with van der Waals surface area (Å²) in [5, 5.41) is 8.28. The summed E-state index contributed by atoms with van der Waals surface area (Å²) in [6.45, 7) is 0.863. The highest BCUT2D eigenvalue weighted by atomic mass is 19.1. The van der Waals surface area contributed by atoms with Crippen LogP contribution < -0.4 is 0 Å². The number of alkyl halides is 2. The van der Waals surface area contributed by atoms with E-state index in [2.05, 4.69) is 0 Å². The lowest BCUT2D eigenvalue weighted by molar-refractivity contribution is -0.138. The number of carboxylic acid groups (broad SMARTS) is 1. The zero-order valence-corrected chi connectivity index (χ0v) is 7.15. The first kappa shape index (κ1) is 11.3. The molecule has 0 aliphatic rings. The van der Waals surface area contributed by atoms with E-state index in [4.69, 9.17) is 5.11 Å². The smallest absolute Gasteiger partial charge is 0.303 e. The molecular formula is C8H14F2O2. The van der Waals surface area contributed by atoms with E-state index >= 15 is 0 Å². The maximum absolute atomic E-state index is 13.4. The van der Waals surface area contributed by atoms with Crippen LogP contribution in [0.3, 0.4) is 0 Å². The minimum Gasteiger partial charge on any atom is -0.481 e. The average Bonchev–Trinajstić information content (AvgIpc) is 2.02. The normalized spacial score (nSPS) is 15.6. The fraction of sp³-hybridized carbons (Fsp3) is 0.875. The van der Waals surface area contributed by atoms with Gasteiger partial charge in [-0.3, -0.25) is 9.18 Å². The van der Waals surface area contributed by atoms with Crippen molar-refractivity contribution in [2.75, 3.05) is 6.67 Å². The van der Waals surface area contributed by atoms with Gasteiger partial charge in [-0.05, 0) is 12.8 Å². The number of aliphatic carboxylic acids is 1. The molecule has 0 bridgehead atoms. The van der Waals surface area contributed by atoms with Crippen molar-refractivity contribution in [3.05, 3.63) is 0 Å². The average molecular weight is 180 g/mol. The van der Waals surface area contributed by atoms with Gasteiger partial charge in [0.05, 0.1) is 6.67 Å². The summed E-state index contributed by atoms with van der Waals surface area (Å²) in [6.07, 6.45) is -0.353. The Labute approximate surface area is 70.6 Å². The standard InChI is InChI=1S/C8H14F2O2/c1-2-8(10,5-6-9)4-3-7(11)12/h2-6H2,1H3,(H,11,12). The molecule has 0 fully saturated rings. The third-order valence-electron chi connectivity index (χ3n) is 1.96. The van der Waals surface area contributed by atoms with Gasteiger partial charge in [-0.25, -0.2) is 4.39 Å². The molecule has 0 aliphatic heterocycles. The summed E-state index contributed by atoms with van der Waals surface area (Å²) in [4.78, 5) is 10.1.